The van der Waals surface area contributed by atoms with Crippen LogP contribution in [0.1, 0.15) is 0 Å². The van der Waals surface area contributed by atoms with E-state index in [0.29, 0.717) is 0 Å². The Morgan fingerprint density at radius 3 is 1.25 bits per heavy atom. The van der Waals surface area contributed by atoms with Gasteiger partial charge in [-0.25, -0.2) is 0 Å². The molecule has 2 heteroatoms. The van der Waals surface area contributed by atoms with Crippen LogP contribution >= 0.6 is 0 Å². The Bertz CT molecular complexity index is 638. The predicted molar refractivity (Wildman–Crippen MR) is 86.0 cm³/mol. The van der Waals surface area contributed by atoms with Gasteiger partial charge in [-0.05, 0) is 48.5 Å². The highest BCUT2D eigenvalue weighted by Gasteiger charge is 1.84. The first-order valence-corrected chi connectivity index (χ1v) is 6.47. The second-order valence-electron chi connectivity index (χ2n) is 4.08. The highest BCUT2D eigenvalue weighted by Crippen LogP contribution is 2.02. The summed E-state index contributed by atoms with van der Waals surface area (Å²) in [5, 5.41) is 0. The van der Waals surface area contributed by atoms with E-state index in [2.05, 4.69) is 46.2 Å². The van der Waals surface area contributed by atoms with Crippen LogP contribution in [0.15, 0.2) is 98.6 Å². The molecule has 20 heavy (non-hydrogen) atoms. The summed E-state index contributed by atoms with van der Waals surface area (Å²) in [7, 11) is 0. The Kier molecular flexibility index (Phi) is 4.79. The number of nitrogens with zero attached hydrogens (tertiary/aromatic N) is 2. The van der Waals surface area contributed by atoms with Crippen LogP contribution in [-0.4, -0.2) is 8.80 Å². The van der Waals surface area contributed by atoms with Gasteiger partial charge < -0.3 is 8.80 Å². The van der Waals surface area contributed by atoms with Crippen molar-refractivity contribution in [1.82, 2.24) is 8.80 Å². The third-order valence-corrected chi connectivity index (χ3v) is 2.87. The lowest BCUT2D eigenvalue weighted by Crippen LogP contribution is -1.75. The molecule has 0 spiro atoms. The van der Waals surface area contributed by atoms with Gasteiger partial charge in [0.2, 0.25) is 0 Å². The van der Waals surface area contributed by atoms with Gasteiger partial charge in [-0.1, -0.05) is 12.1 Å². The van der Waals surface area contributed by atoms with Crippen molar-refractivity contribution in [3.05, 3.63) is 98.6 Å². The quantitative estimate of drug-likeness (QED) is 0.407. The van der Waals surface area contributed by atoms with Gasteiger partial charge in [0.15, 0.2) is 0 Å². The van der Waals surface area contributed by atoms with Gasteiger partial charge >= 0.3 is 0 Å². The molecule has 0 amide bonds. The lowest BCUT2D eigenvalue weighted by Gasteiger charge is -1.88. The third kappa shape index (κ3) is 3.18. The van der Waals surface area contributed by atoms with Crippen molar-refractivity contribution in [3.8, 4) is 0 Å². The molecule has 4 heterocycles. The maximum absolute atomic E-state index is 3.00. The molecule has 0 aliphatic rings. The summed E-state index contributed by atoms with van der Waals surface area (Å²) < 4.78 is 4.17. The number of fused-ring (bicyclic) bond motifs is 2. The molecule has 0 N–H and O–H groups in total. The molecule has 0 saturated heterocycles. The van der Waals surface area contributed by atoms with Crippen LogP contribution in [0.25, 0.3) is 11.0 Å². The SMILES string of the molecule is C=C.c1ccn2cccc2c1.c1ccn2cccc2c1. The van der Waals surface area contributed by atoms with E-state index >= 15 is 0 Å². The van der Waals surface area contributed by atoms with E-state index in [0.717, 1.165) is 0 Å². The van der Waals surface area contributed by atoms with Gasteiger partial charge in [0.05, 0.1) is 0 Å². The normalized spacial score (nSPS) is 9.40. The summed E-state index contributed by atoms with van der Waals surface area (Å²) in [5.74, 6) is 0. The highest BCUT2D eigenvalue weighted by atomic mass is 14.8. The maximum atomic E-state index is 3.00. The molecule has 0 saturated carbocycles. The van der Waals surface area contributed by atoms with Crippen molar-refractivity contribution >= 4 is 11.0 Å². The van der Waals surface area contributed by atoms with E-state index < -0.39 is 0 Å². The van der Waals surface area contributed by atoms with Crippen LogP contribution in [0.4, 0.5) is 0 Å². The fourth-order valence-electron chi connectivity index (χ4n) is 1.96. The number of aromatic nitrogens is 2. The van der Waals surface area contributed by atoms with Crippen molar-refractivity contribution < 1.29 is 0 Å². The van der Waals surface area contributed by atoms with Gasteiger partial charge in [-0.15, -0.1) is 13.2 Å². The van der Waals surface area contributed by atoms with E-state index in [1.165, 1.54) is 11.0 Å². The minimum atomic E-state index is 1.25. The van der Waals surface area contributed by atoms with Crippen molar-refractivity contribution in [1.29, 1.82) is 0 Å². The first kappa shape index (κ1) is 13.7. The molecule has 0 aromatic carbocycles. The third-order valence-electron chi connectivity index (χ3n) is 2.87. The highest BCUT2D eigenvalue weighted by molar-refractivity contribution is 5.47. The van der Waals surface area contributed by atoms with Crippen LogP contribution in [0, 0.1) is 0 Å². The smallest absolute Gasteiger partial charge is 0.0449 e. The maximum Gasteiger partial charge on any atom is 0.0449 e. The molecule has 4 rings (SSSR count). The molecule has 0 radical (unpaired) electrons. The molecule has 4 aromatic rings. The largest absolute Gasteiger partial charge is 0.324 e. The second kappa shape index (κ2) is 7.00. The number of hydrogen-bond acceptors (Lipinski definition) is 0. The molecule has 2 nitrogen and oxygen atoms in total. The Hall–Kier alpha value is -2.74. The van der Waals surface area contributed by atoms with Crippen LogP contribution in [0.2, 0.25) is 0 Å². The van der Waals surface area contributed by atoms with Crippen LogP contribution < -0.4 is 0 Å². The Labute approximate surface area is 119 Å². The van der Waals surface area contributed by atoms with Gasteiger partial charge in [-0.2, -0.15) is 0 Å². The number of rotatable bonds is 0. The van der Waals surface area contributed by atoms with Gasteiger partial charge in [0.25, 0.3) is 0 Å². The zero-order chi connectivity index (χ0) is 14.2. The number of pyridine rings is 2. The monoisotopic (exact) mass is 262 g/mol. The molecule has 0 atom stereocenters. The van der Waals surface area contributed by atoms with E-state index in [-0.39, 0.29) is 0 Å². The molecule has 100 valence electrons. The molecule has 0 bridgehead atoms. The van der Waals surface area contributed by atoms with E-state index in [1.54, 1.807) is 0 Å². The Morgan fingerprint density at radius 2 is 0.850 bits per heavy atom. The fraction of sp³-hybridized carbons (Fsp3) is 0. The zero-order valence-electron chi connectivity index (χ0n) is 11.4. The summed E-state index contributed by atoms with van der Waals surface area (Å²) in [5.41, 5.74) is 2.50. The molecule has 0 aliphatic heterocycles. The van der Waals surface area contributed by atoms with Crippen molar-refractivity contribution in [2.75, 3.05) is 0 Å². The molecular formula is C18H18N2. The summed E-state index contributed by atoms with van der Waals surface area (Å²) in [6, 6.07) is 20.5. The van der Waals surface area contributed by atoms with Crippen LogP contribution in [0.5, 0.6) is 0 Å². The first-order valence-electron chi connectivity index (χ1n) is 6.47. The lowest BCUT2D eigenvalue weighted by molar-refractivity contribution is 1.20. The second-order valence-corrected chi connectivity index (χ2v) is 4.08. The lowest BCUT2D eigenvalue weighted by atomic mass is 10.4. The summed E-state index contributed by atoms with van der Waals surface area (Å²) in [6.45, 7) is 6.00. The summed E-state index contributed by atoms with van der Waals surface area (Å²) >= 11 is 0. The zero-order valence-corrected chi connectivity index (χ0v) is 11.4. The fourth-order valence-corrected chi connectivity index (χ4v) is 1.96. The van der Waals surface area contributed by atoms with E-state index in [1.807, 2.05) is 61.2 Å². The molecule has 0 fully saturated rings. The van der Waals surface area contributed by atoms with Crippen molar-refractivity contribution in [2.45, 2.75) is 0 Å². The average molecular weight is 262 g/mol. The van der Waals surface area contributed by atoms with Crippen molar-refractivity contribution in [2.24, 2.45) is 0 Å². The Balaban J connectivity index is 0.000000131. The van der Waals surface area contributed by atoms with Gasteiger partial charge in [-0.3, -0.25) is 0 Å². The van der Waals surface area contributed by atoms with Crippen LogP contribution in [0.3, 0.4) is 0 Å². The molecule has 0 aliphatic carbocycles. The molecular weight excluding hydrogens is 244 g/mol. The van der Waals surface area contributed by atoms with Gasteiger partial charge in [0.1, 0.15) is 0 Å². The summed E-state index contributed by atoms with van der Waals surface area (Å²) in [6.07, 6.45) is 8.15. The first-order chi connectivity index (χ1) is 9.93. The Morgan fingerprint density at radius 1 is 0.500 bits per heavy atom. The molecule has 0 unspecified atom stereocenters. The molecule has 4 aromatic heterocycles. The van der Waals surface area contributed by atoms with E-state index in [4.69, 9.17) is 0 Å². The predicted octanol–water partition coefficient (Wildman–Crippen LogP) is 4.68. The van der Waals surface area contributed by atoms with Gasteiger partial charge in [0, 0.05) is 35.8 Å². The minimum Gasteiger partial charge on any atom is -0.324 e. The van der Waals surface area contributed by atoms with Crippen molar-refractivity contribution in [3.63, 3.8) is 0 Å². The van der Waals surface area contributed by atoms with Crippen LogP contribution in [-0.2, 0) is 0 Å². The standard InChI is InChI=1S/2C8H7N.C2H4/c2*1-2-6-9-7-3-5-8(9)4-1;1-2/h2*1-7H;1-2H2. The summed E-state index contributed by atoms with van der Waals surface area (Å²) in [4.78, 5) is 0. The average Bonchev–Trinajstić information content (AvgIpc) is 3.18. The minimum absolute atomic E-state index is 1.25. The number of hydrogen-bond donors (Lipinski definition) is 0. The topological polar surface area (TPSA) is 8.82 Å². The van der Waals surface area contributed by atoms with E-state index in [9.17, 15) is 0 Å².